The Labute approximate surface area is 135 Å². The Morgan fingerprint density at radius 1 is 1.17 bits per heavy atom. The summed E-state index contributed by atoms with van der Waals surface area (Å²) in [5.74, 6) is 0.876. The van der Waals surface area contributed by atoms with Crippen molar-refractivity contribution in [3.8, 4) is 0 Å². The molecule has 0 bridgehead atoms. The molecule has 1 N–H and O–H groups in total. The lowest BCUT2D eigenvalue weighted by Gasteiger charge is -2.08. The third-order valence-corrected chi connectivity index (χ3v) is 4.51. The molecule has 0 radical (unpaired) electrons. The number of carbonyl (C=O) groups is 1. The molecule has 1 aliphatic carbocycles. The van der Waals surface area contributed by atoms with E-state index < -0.39 is 0 Å². The zero-order valence-electron chi connectivity index (χ0n) is 13.2. The predicted molar refractivity (Wildman–Crippen MR) is 91.5 cm³/mol. The molecule has 23 heavy (non-hydrogen) atoms. The molecule has 4 rings (SSSR count). The minimum Gasteiger partial charge on any atom is -0.310 e. The van der Waals surface area contributed by atoms with Crippen LogP contribution in [-0.2, 0) is 31.1 Å². The van der Waals surface area contributed by atoms with Crippen molar-refractivity contribution in [2.45, 2.75) is 25.7 Å². The summed E-state index contributed by atoms with van der Waals surface area (Å²) >= 11 is 0. The zero-order chi connectivity index (χ0) is 15.8. The second-order valence-electron chi connectivity index (χ2n) is 6.16. The number of carbonyl (C=O) groups excluding carboxylic acids is 1. The van der Waals surface area contributed by atoms with Crippen molar-refractivity contribution in [3.63, 3.8) is 0 Å². The highest BCUT2D eigenvalue weighted by molar-refractivity contribution is 5.93. The summed E-state index contributed by atoms with van der Waals surface area (Å²) in [6.07, 6.45) is 3.54. The van der Waals surface area contributed by atoms with Crippen LogP contribution in [0.4, 0.5) is 5.82 Å². The highest BCUT2D eigenvalue weighted by Gasteiger charge is 2.22. The standard InChI is InChI=1S/C19H19N3O/c1-22-19(16-7-4-8-17(16)21-22)20-18(23)12-13-9-10-14-5-2-3-6-15(14)11-13/h2-3,5-6,9-11H,4,7-8,12H2,1H3,(H,20,23). The van der Waals surface area contributed by atoms with Crippen molar-refractivity contribution < 1.29 is 4.79 Å². The smallest absolute Gasteiger partial charge is 0.229 e. The van der Waals surface area contributed by atoms with Gasteiger partial charge in [-0.1, -0.05) is 42.5 Å². The Morgan fingerprint density at radius 3 is 2.87 bits per heavy atom. The van der Waals surface area contributed by atoms with Gasteiger partial charge in [0.05, 0.1) is 12.1 Å². The fraction of sp³-hybridized carbons (Fsp3) is 0.263. The molecule has 4 nitrogen and oxygen atoms in total. The topological polar surface area (TPSA) is 46.9 Å². The molecule has 2 aromatic carbocycles. The number of nitrogens with one attached hydrogen (secondary N) is 1. The third-order valence-electron chi connectivity index (χ3n) is 4.51. The lowest BCUT2D eigenvalue weighted by molar-refractivity contribution is -0.115. The van der Waals surface area contributed by atoms with Gasteiger partial charge in [-0.2, -0.15) is 5.10 Å². The molecule has 1 aromatic heterocycles. The van der Waals surface area contributed by atoms with Crippen LogP contribution >= 0.6 is 0 Å². The highest BCUT2D eigenvalue weighted by Crippen LogP contribution is 2.28. The first-order valence-electron chi connectivity index (χ1n) is 8.03. The molecule has 1 amide bonds. The summed E-state index contributed by atoms with van der Waals surface area (Å²) in [6, 6.07) is 14.4. The number of anilines is 1. The van der Waals surface area contributed by atoms with Gasteiger partial charge in [0.15, 0.2) is 0 Å². The Bertz CT molecular complexity index is 895. The van der Waals surface area contributed by atoms with Gasteiger partial charge in [0.2, 0.25) is 5.91 Å². The number of hydrogen-bond acceptors (Lipinski definition) is 2. The van der Waals surface area contributed by atoms with E-state index in [0.717, 1.165) is 36.3 Å². The SMILES string of the molecule is Cn1nc2c(c1NC(=O)Cc1ccc3ccccc3c1)CCC2. The Balaban J connectivity index is 1.53. The molecule has 116 valence electrons. The molecule has 0 spiro atoms. The van der Waals surface area contributed by atoms with Gasteiger partial charge in [0.25, 0.3) is 0 Å². The van der Waals surface area contributed by atoms with E-state index in [-0.39, 0.29) is 5.91 Å². The number of aromatic nitrogens is 2. The second-order valence-corrected chi connectivity index (χ2v) is 6.16. The molecule has 0 aliphatic heterocycles. The Morgan fingerprint density at radius 2 is 2.00 bits per heavy atom. The van der Waals surface area contributed by atoms with E-state index in [4.69, 9.17) is 0 Å². The van der Waals surface area contributed by atoms with Crippen LogP contribution in [0.1, 0.15) is 23.2 Å². The van der Waals surface area contributed by atoms with Crippen LogP contribution in [0.3, 0.4) is 0 Å². The van der Waals surface area contributed by atoms with E-state index in [2.05, 4.69) is 34.7 Å². The number of amides is 1. The van der Waals surface area contributed by atoms with Crippen LogP contribution in [0, 0.1) is 0 Å². The molecule has 0 unspecified atom stereocenters. The summed E-state index contributed by atoms with van der Waals surface area (Å²) in [5.41, 5.74) is 3.37. The molecule has 0 fully saturated rings. The number of benzene rings is 2. The molecule has 1 heterocycles. The summed E-state index contributed by atoms with van der Waals surface area (Å²) in [5, 5.41) is 9.90. The molecule has 1 aliphatic rings. The van der Waals surface area contributed by atoms with Crippen molar-refractivity contribution in [1.82, 2.24) is 9.78 Å². The average molecular weight is 305 g/mol. The summed E-state index contributed by atoms with van der Waals surface area (Å²) < 4.78 is 1.79. The van der Waals surface area contributed by atoms with E-state index in [1.165, 1.54) is 16.3 Å². The Hall–Kier alpha value is -2.62. The number of rotatable bonds is 3. The van der Waals surface area contributed by atoms with Gasteiger partial charge in [0, 0.05) is 12.6 Å². The van der Waals surface area contributed by atoms with Crippen molar-refractivity contribution in [1.29, 1.82) is 0 Å². The fourth-order valence-electron chi connectivity index (χ4n) is 3.39. The first kappa shape index (κ1) is 14.0. The van der Waals surface area contributed by atoms with Gasteiger partial charge in [-0.15, -0.1) is 0 Å². The normalized spacial score (nSPS) is 13.3. The van der Waals surface area contributed by atoms with Crippen molar-refractivity contribution in [3.05, 3.63) is 59.3 Å². The number of fused-ring (bicyclic) bond motifs is 2. The van der Waals surface area contributed by atoms with E-state index in [1.54, 1.807) is 4.68 Å². The van der Waals surface area contributed by atoms with Gasteiger partial charge in [0.1, 0.15) is 5.82 Å². The fourth-order valence-corrected chi connectivity index (χ4v) is 3.39. The minimum atomic E-state index is 0.0120. The molecule has 4 heteroatoms. The summed E-state index contributed by atoms with van der Waals surface area (Å²) in [4.78, 5) is 12.4. The van der Waals surface area contributed by atoms with E-state index >= 15 is 0 Å². The molecule has 0 saturated carbocycles. The van der Waals surface area contributed by atoms with Gasteiger partial charge >= 0.3 is 0 Å². The van der Waals surface area contributed by atoms with Crippen LogP contribution in [0.15, 0.2) is 42.5 Å². The molecule has 0 atom stereocenters. The maximum atomic E-state index is 12.4. The molecular formula is C19H19N3O. The minimum absolute atomic E-state index is 0.0120. The molecule has 0 saturated heterocycles. The number of aryl methyl sites for hydroxylation is 2. The van der Waals surface area contributed by atoms with Crippen LogP contribution in [0.25, 0.3) is 10.8 Å². The maximum Gasteiger partial charge on any atom is 0.229 e. The molecular weight excluding hydrogens is 286 g/mol. The number of hydrogen-bond donors (Lipinski definition) is 1. The van der Waals surface area contributed by atoms with Crippen LogP contribution in [0.5, 0.6) is 0 Å². The van der Waals surface area contributed by atoms with Crippen LogP contribution < -0.4 is 5.32 Å². The van der Waals surface area contributed by atoms with Gasteiger partial charge in [-0.05, 0) is 35.6 Å². The molecule has 3 aromatic rings. The van der Waals surface area contributed by atoms with E-state index in [1.807, 2.05) is 25.2 Å². The third kappa shape index (κ3) is 2.61. The predicted octanol–water partition coefficient (Wildman–Crippen LogP) is 3.24. The van der Waals surface area contributed by atoms with Gasteiger partial charge in [-0.25, -0.2) is 0 Å². The van der Waals surface area contributed by atoms with E-state index in [0.29, 0.717) is 6.42 Å². The first-order valence-corrected chi connectivity index (χ1v) is 8.03. The summed E-state index contributed by atoms with van der Waals surface area (Å²) in [6.45, 7) is 0. The summed E-state index contributed by atoms with van der Waals surface area (Å²) in [7, 11) is 1.89. The van der Waals surface area contributed by atoms with Crippen molar-refractivity contribution >= 4 is 22.5 Å². The maximum absolute atomic E-state index is 12.4. The lowest BCUT2D eigenvalue weighted by atomic mass is 10.0. The average Bonchev–Trinajstić information content (AvgIpc) is 3.10. The largest absolute Gasteiger partial charge is 0.310 e. The van der Waals surface area contributed by atoms with E-state index in [9.17, 15) is 4.79 Å². The highest BCUT2D eigenvalue weighted by atomic mass is 16.1. The Kier molecular flexibility index (Phi) is 3.37. The monoisotopic (exact) mass is 305 g/mol. The quantitative estimate of drug-likeness (QED) is 0.807. The zero-order valence-corrected chi connectivity index (χ0v) is 13.2. The van der Waals surface area contributed by atoms with Crippen LogP contribution in [0.2, 0.25) is 0 Å². The van der Waals surface area contributed by atoms with Crippen LogP contribution in [-0.4, -0.2) is 15.7 Å². The first-order chi connectivity index (χ1) is 11.2. The van der Waals surface area contributed by atoms with Crippen molar-refractivity contribution in [2.24, 2.45) is 7.05 Å². The van der Waals surface area contributed by atoms with Crippen molar-refractivity contribution in [2.75, 3.05) is 5.32 Å². The second kappa shape index (κ2) is 5.54. The lowest BCUT2D eigenvalue weighted by Crippen LogP contribution is -2.17. The van der Waals surface area contributed by atoms with Gasteiger partial charge < -0.3 is 5.32 Å². The van der Waals surface area contributed by atoms with Gasteiger partial charge in [-0.3, -0.25) is 9.48 Å². The number of nitrogens with zero attached hydrogens (tertiary/aromatic N) is 2.